The maximum absolute atomic E-state index is 13.7. The molecule has 5 amide bonds. The van der Waals surface area contributed by atoms with Gasteiger partial charge in [-0.05, 0) is 132 Å². The zero-order chi connectivity index (χ0) is 51.4. The van der Waals surface area contributed by atoms with Crippen LogP contribution in [0.1, 0.15) is 103 Å². The Bertz CT molecular complexity index is 2670. The van der Waals surface area contributed by atoms with Crippen molar-refractivity contribution in [2.45, 2.75) is 102 Å². The number of benzene rings is 4. The Kier molecular flexibility index (Phi) is 15.5. The van der Waals surface area contributed by atoms with E-state index in [1.54, 1.807) is 4.90 Å². The second kappa shape index (κ2) is 21.9. The SMILES string of the molecule is C=CCOC(=O)NCC(=O)NCN1C(=O)CC[C@H](N2Cc3cc(N4CCN(CC5CCN(c6ccc([C@@H]7c8ccc(O[Si](C)(C)C(C)(C)C)cc8CC[C@@H]7c7ccccc7)cc6)CC5)CC4)ccc3C2=O)C1=O. The summed E-state index contributed by atoms with van der Waals surface area (Å²) in [4.78, 5) is 74.2. The van der Waals surface area contributed by atoms with Crippen LogP contribution in [0, 0.1) is 5.92 Å². The Balaban J connectivity index is 0.754. The number of anilines is 2. The van der Waals surface area contributed by atoms with Crippen LogP contribution in [0.4, 0.5) is 16.2 Å². The maximum atomic E-state index is 13.7. The molecule has 0 radical (unpaired) electrons. The van der Waals surface area contributed by atoms with Gasteiger partial charge in [0.15, 0.2) is 0 Å². The van der Waals surface area contributed by atoms with Crippen molar-refractivity contribution >= 4 is 49.4 Å². The van der Waals surface area contributed by atoms with Crippen LogP contribution in [0.15, 0.2) is 104 Å². The number of piperazine rings is 1. The van der Waals surface area contributed by atoms with Gasteiger partial charge in [0.05, 0.1) is 0 Å². The minimum Gasteiger partial charge on any atom is -0.543 e. The number of nitrogens with one attached hydrogen (secondary N) is 2. The van der Waals surface area contributed by atoms with Crippen LogP contribution in [-0.4, -0.2) is 124 Å². The number of carbonyl (C=O) groups is 5. The Morgan fingerprint density at radius 1 is 0.767 bits per heavy atom. The van der Waals surface area contributed by atoms with E-state index in [1.165, 1.54) is 46.9 Å². The van der Waals surface area contributed by atoms with Crippen LogP contribution in [0.5, 0.6) is 5.75 Å². The van der Waals surface area contributed by atoms with Crippen molar-refractivity contribution < 1.29 is 33.1 Å². The lowest BCUT2D eigenvalue weighted by Crippen LogP contribution is -2.57. The van der Waals surface area contributed by atoms with Crippen LogP contribution in [0.25, 0.3) is 0 Å². The maximum Gasteiger partial charge on any atom is 0.407 e. The molecule has 1 aliphatic carbocycles. The number of rotatable bonds is 15. The van der Waals surface area contributed by atoms with Crippen LogP contribution in [0.3, 0.4) is 0 Å². The number of hydrogen-bond donors (Lipinski definition) is 2. The molecule has 4 heterocycles. The predicted octanol–water partition coefficient (Wildman–Crippen LogP) is 8.43. The van der Waals surface area contributed by atoms with Gasteiger partial charge >= 0.3 is 6.09 Å². The zero-order valence-corrected chi connectivity index (χ0v) is 44.4. The molecule has 5 aliphatic rings. The number of carbonyl (C=O) groups excluding carboxylic acids is 5. The smallest absolute Gasteiger partial charge is 0.407 e. The molecule has 0 bridgehead atoms. The molecular formula is C58H73N7O7Si. The van der Waals surface area contributed by atoms with Crippen molar-refractivity contribution in [3.05, 3.63) is 137 Å². The highest BCUT2D eigenvalue weighted by Crippen LogP contribution is 2.48. The summed E-state index contributed by atoms with van der Waals surface area (Å²) in [5, 5.41) is 4.94. The fourth-order valence-corrected chi connectivity index (χ4v) is 12.2. The lowest BCUT2D eigenvalue weighted by atomic mass is 9.69. The molecule has 386 valence electrons. The standard InChI is InChI=1S/C58H73N7O7Si/c1-7-33-71-57(70)59-36-52(66)60-39-65-53(67)24-23-51(56(65)69)64-38-44-34-46(18-21-50(44)55(64)68)63-31-29-61(30-32-63)37-40-25-27-62(28-26-40)45-16-13-42(14-17-45)54-48(41-11-9-8-10-12-41)20-15-43-35-47(19-22-49(43)54)72-73(5,6)58(2,3)4/h7-14,16-19,21-22,34-35,40,48,51,54H,1,15,20,23-33,36-39H2,2-6H3,(H,59,70)(H,60,66)/t48-,51+,54+/m1/s1. The van der Waals surface area contributed by atoms with Gasteiger partial charge in [0, 0.05) is 81.6 Å². The number of imide groups is 1. The van der Waals surface area contributed by atoms with Gasteiger partial charge in [0.2, 0.25) is 20.1 Å². The van der Waals surface area contributed by atoms with E-state index >= 15 is 0 Å². The first-order valence-electron chi connectivity index (χ1n) is 26.3. The third-order valence-electron chi connectivity index (χ3n) is 16.4. The Labute approximate surface area is 432 Å². The van der Waals surface area contributed by atoms with Crippen molar-refractivity contribution in [2.24, 2.45) is 5.92 Å². The average Bonchev–Trinajstić information content (AvgIpc) is 3.71. The van der Waals surface area contributed by atoms with Crippen LogP contribution in [-0.2, 0) is 32.1 Å². The summed E-state index contributed by atoms with van der Waals surface area (Å²) >= 11 is 0. The number of nitrogens with zero attached hydrogens (tertiary/aromatic N) is 5. The Morgan fingerprint density at radius 3 is 2.19 bits per heavy atom. The van der Waals surface area contributed by atoms with Gasteiger partial charge in [-0.3, -0.25) is 29.0 Å². The van der Waals surface area contributed by atoms with Crippen molar-refractivity contribution in [1.82, 2.24) is 25.3 Å². The highest BCUT2D eigenvalue weighted by atomic mass is 28.4. The summed E-state index contributed by atoms with van der Waals surface area (Å²) in [5.74, 6) is 0.545. The number of alkyl carbamates (subject to hydrolysis) is 1. The van der Waals surface area contributed by atoms with E-state index in [4.69, 9.17) is 9.16 Å². The first-order valence-corrected chi connectivity index (χ1v) is 29.2. The fourth-order valence-electron chi connectivity index (χ4n) is 11.2. The van der Waals surface area contributed by atoms with E-state index < -0.39 is 44.7 Å². The third kappa shape index (κ3) is 11.5. The lowest BCUT2D eigenvalue weighted by molar-refractivity contribution is -0.152. The molecule has 0 saturated carbocycles. The largest absolute Gasteiger partial charge is 0.543 e. The van der Waals surface area contributed by atoms with Crippen molar-refractivity contribution in [3.63, 3.8) is 0 Å². The molecule has 14 nitrogen and oxygen atoms in total. The first kappa shape index (κ1) is 51.4. The van der Waals surface area contributed by atoms with Gasteiger partial charge in [-0.2, -0.15) is 0 Å². The lowest BCUT2D eigenvalue weighted by Gasteiger charge is -2.40. The van der Waals surface area contributed by atoms with Crippen molar-refractivity contribution in [1.29, 1.82) is 0 Å². The van der Waals surface area contributed by atoms with Crippen molar-refractivity contribution in [3.8, 4) is 5.75 Å². The zero-order valence-electron chi connectivity index (χ0n) is 43.4. The van der Waals surface area contributed by atoms with Gasteiger partial charge in [-0.1, -0.05) is 82.0 Å². The molecule has 3 saturated heterocycles. The molecule has 3 fully saturated rings. The second-order valence-corrected chi connectivity index (χ2v) is 26.8. The second-order valence-electron chi connectivity index (χ2n) is 22.1. The van der Waals surface area contributed by atoms with E-state index in [1.807, 2.05) is 12.1 Å². The monoisotopic (exact) mass is 1010 g/mol. The topological polar surface area (TPSA) is 144 Å². The molecule has 9 rings (SSSR count). The van der Waals surface area contributed by atoms with Gasteiger partial charge in [0.1, 0.15) is 31.6 Å². The number of hydrogen-bond acceptors (Lipinski definition) is 10. The Morgan fingerprint density at radius 2 is 1.48 bits per heavy atom. The summed E-state index contributed by atoms with van der Waals surface area (Å²) in [6.07, 6.45) is 5.36. The number of likely N-dealkylation sites (tertiary alicyclic amines) is 1. The predicted molar refractivity (Wildman–Crippen MR) is 287 cm³/mol. The summed E-state index contributed by atoms with van der Waals surface area (Å²) in [6, 6.07) is 32.6. The van der Waals surface area contributed by atoms with Gasteiger partial charge in [-0.25, -0.2) is 4.79 Å². The first-order chi connectivity index (χ1) is 35.1. The molecule has 4 aliphatic heterocycles. The third-order valence-corrected chi connectivity index (χ3v) is 20.8. The molecule has 4 aromatic rings. The molecular weight excluding hydrogens is 935 g/mol. The highest BCUT2D eigenvalue weighted by molar-refractivity contribution is 6.74. The summed E-state index contributed by atoms with van der Waals surface area (Å²) < 4.78 is 11.6. The van der Waals surface area contributed by atoms with Crippen LogP contribution < -0.4 is 24.9 Å². The summed E-state index contributed by atoms with van der Waals surface area (Å²) in [7, 11) is -1.96. The molecule has 3 atom stereocenters. The summed E-state index contributed by atoms with van der Waals surface area (Å²) in [6.45, 7) is 21.4. The van der Waals surface area contributed by atoms with E-state index in [0.717, 1.165) is 80.6 Å². The number of fused-ring (bicyclic) bond motifs is 2. The van der Waals surface area contributed by atoms with Crippen LogP contribution >= 0.6 is 0 Å². The van der Waals surface area contributed by atoms with E-state index in [9.17, 15) is 24.0 Å². The van der Waals surface area contributed by atoms with Crippen molar-refractivity contribution in [2.75, 3.05) is 75.4 Å². The van der Waals surface area contributed by atoms with E-state index in [0.29, 0.717) is 17.4 Å². The quantitative estimate of drug-likeness (QED) is 0.0677. The number of ether oxygens (including phenoxy) is 1. The Hall–Kier alpha value is -6.45. The highest BCUT2D eigenvalue weighted by Gasteiger charge is 2.43. The fraction of sp³-hybridized carbons (Fsp3) is 0.466. The minimum atomic E-state index is -1.96. The van der Waals surface area contributed by atoms with Gasteiger partial charge in [-0.15, -0.1) is 0 Å². The van der Waals surface area contributed by atoms with Gasteiger partial charge in [0.25, 0.3) is 11.8 Å². The number of amides is 5. The summed E-state index contributed by atoms with van der Waals surface area (Å²) in [5.41, 5.74) is 9.42. The van der Waals surface area contributed by atoms with E-state index in [-0.39, 0.29) is 49.5 Å². The molecule has 0 unspecified atom stereocenters. The number of piperidine rings is 2. The molecule has 0 spiro atoms. The molecule has 15 heteroatoms. The van der Waals surface area contributed by atoms with E-state index in [2.05, 4.69) is 145 Å². The molecule has 2 N–H and O–H groups in total. The molecule has 73 heavy (non-hydrogen) atoms. The van der Waals surface area contributed by atoms with Crippen LogP contribution in [0.2, 0.25) is 18.1 Å². The normalized spacial score (nSPS) is 20.9. The molecule has 0 aromatic heterocycles. The number of aryl methyl sites for hydroxylation is 1. The van der Waals surface area contributed by atoms with Gasteiger partial charge < -0.3 is 34.5 Å². The molecule has 4 aromatic carbocycles. The average molecular weight is 1010 g/mol. The minimum absolute atomic E-state index is 0.00703.